The van der Waals surface area contributed by atoms with Crippen molar-refractivity contribution in [3.8, 4) is 44.5 Å². The highest BCUT2D eigenvalue weighted by Crippen LogP contribution is 2.52. The van der Waals surface area contributed by atoms with Gasteiger partial charge in [0.1, 0.15) is 0 Å². The first-order valence-electron chi connectivity index (χ1n) is 19.0. The van der Waals surface area contributed by atoms with E-state index in [1.165, 1.54) is 97.1 Å². The Bertz CT molecular complexity index is 3180. The Morgan fingerprint density at radius 1 is 0.324 bits per heavy atom. The van der Waals surface area contributed by atoms with Crippen molar-refractivity contribution in [2.45, 2.75) is 0 Å². The number of rotatable bonds is 8. The second-order valence-electron chi connectivity index (χ2n) is 14.6. The summed E-state index contributed by atoms with van der Waals surface area (Å²) in [5, 5.41) is 46.0. The zero-order chi connectivity index (χ0) is 48.6. The maximum Gasteiger partial charge on any atom is 0.269 e. The lowest BCUT2D eigenvalue weighted by molar-refractivity contribution is -0.385. The average Bonchev–Trinajstić information content (AvgIpc) is 3.98. The monoisotopic (exact) mass is 1070 g/mol. The van der Waals surface area contributed by atoms with Gasteiger partial charge >= 0.3 is 0 Å². The van der Waals surface area contributed by atoms with E-state index in [-0.39, 0.29) is 152 Å². The average molecular weight is 1070 g/mol. The molecule has 4 aromatic carbocycles. The van der Waals surface area contributed by atoms with Gasteiger partial charge in [0.2, 0.25) is 0 Å². The lowest BCUT2D eigenvalue weighted by atomic mass is 10.0. The Hall–Kier alpha value is -6.60. The number of nitro groups is 4. The number of benzene rings is 4. The summed E-state index contributed by atoms with van der Waals surface area (Å²) < 4.78 is 0. The van der Waals surface area contributed by atoms with Crippen LogP contribution in [0.25, 0.3) is 86.7 Å². The highest BCUT2D eigenvalue weighted by molar-refractivity contribution is 6.67. The summed E-state index contributed by atoms with van der Waals surface area (Å²) in [6.45, 7) is 0. The minimum atomic E-state index is -0.594. The van der Waals surface area contributed by atoms with Crippen molar-refractivity contribution < 1.29 is 19.7 Å². The normalized spacial score (nSPS) is 12.5. The van der Waals surface area contributed by atoms with Gasteiger partial charge in [-0.1, -0.05) is 92.8 Å². The van der Waals surface area contributed by atoms with E-state index >= 15 is 0 Å². The zero-order valence-corrected chi connectivity index (χ0v) is 39.3. The highest BCUT2D eigenvalue weighted by Gasteiger charge is 2.32. The van der Waals surface area contributed by atoms with Crippen molar-refractivity contribution in [3.63, 3.8) is 0 Å². The molecule has 2 aliphatic rings. The molecular formula is C44H18Cl8N8O8. The van der Waals surface area contributed by atoms with Gasteiger partial charge in [-0.05, 0) is 70.8 Å². The zero-order valence-electron chi connectivity index (χ0n) is 33.2. The van der Waals surface area contributed by atoms with Crippen molar-refractivity contribution in [1.82, 2.24) is 19.9 Å². The van der Waals surface area contributed by atoms with Crippen LogP contribution in [-0.2, 0) is 0 Å². The van der Waals surface area contributed by atoms with Gasteiger partial charge in [0.25, 0.3) is 22.7 Å². The SMILES string of the molecule is O=[N+]([O-])c1ccc(-c2c3nc(c(-c4ccc([N+](=O)[O-])cc4)c4[nH]c(c(Cl)c4Cl)c(-c4ccc([N+](=O)[O-])cc4)c4nc(c(-c5ccc([N+](=O)[O-])cc5)c5[nH]c2c(Cl)c5Cl)C(Cl)=C4Cl)C(Cl)=C3Cl)cc1. The first kappa shape index (κ1) is 46.5. The third-order valence-electron chi connectivity index (χ3n) is 10.8. The number of nitro benzene ring substituents is 4. The fourth-order valence-electron chi connectivity index (χ4n) is 7.69. The maximum absolute atomic E-state index is 11.8. The second-order valence-corrected chi connectivity index (χ2v) is 17.6. The van der Waals surface area contributed by atoms with Gasteiger partial charge in [-0.15, -0.1) is 0 Å². The molecule has 2 aliphatic heterocycles. The minimum Gasteiger partial charge on any atom is -0.352 e. The van der Waals surface area contributed by atoms with Crippen molar-refractivity contribution in [2.75, 3.05) is 0 Å². The summed E-state index contributed by atoms with van der Waals surface area (Å²) in [6.07, 6.45) is 0. The van der Waals surface area contributed by atoms with Gasteiger partial charge in [-0.25, -0.2) is 9.97 Å². The van der Waals surface area contributed by atoms with E-state index in [1.54, 1.807) is 0 Å². The molecule has 0 saturated carbocycles. The minimum absolute atomic E-state index is 0.0434. The molecule has 0 saturated heterocycles. The predicted molar refractivity (Wildman–Crippen MR) is 266 cm³/mol. The van der Waals surface area contributed by atoms with E-state index in [0.717, 1.165) is 0 Å². The van der Waals surface area contributed by atoms with Gasteiger partial charge in [0, 0.05) is 70.8 Å². The molecule has 0 unspecified atom stereocenters. The summed E-state index contributed by atoms with van der Waals surface area (Å²) in [5.74, 6) is 0. The summed E-state index contributed by atoms with van der Waals surface area (Å²) in [6, 6.07) is 21.3. The highest BCUT2D eigenvalue weighted by atomic mass is 35.5. The summed E-state index contributed by atoms with van der Waals surface area (Å²) in [5.41, 5.74) is 0.459. The molecule has 9 rings (SSSR count). The topological polar surface area (TPSA) is 230 Å². The first-order chi connectivity index (χ1) is 32.4. The van der Waals surface area contributed by atoms with E-state index < -0.39 is 19.7 Å². The number of aromatic nitrogens is 4. The van der Waals surface area contributed by atoms with Crippen LogP contribution in [0, 0.1) is 40.5 Å². The molecule has 2 N–H and O–H groups in total. The Morgan fingerprint density at radius 3 is 0.662 bits per heavy atom. The molecule has 0 spiro atoms. The van der Waals surface area contributed by atoms with E-state index in [0.29, 0.717) is 0 Å². The van der Waals surface area contributed by atoms with Gasteiger partial charge in [-0.2, -0.15) is 0 Å². The number of hydrogen-bond acceptors (Lipinski definition) is 10. The molecule has 0 radical (unpaired) electrons. The van der Waals surface area contributed by atoms with Crippen molar-refractivity contribution >= 4 is 158 Å². The number of H-pyrrole nitrogens is 2. The number of halogens is 8. The van der Waals surface area contributed by atoms with E-state index in [2.05, 4.69) is 9.97 Å². The van der Waals surface area contributed by atoms with E-state index in [9.17, 15) is 40.5 Å². The lowest BCUT2D eigenvalue weighted by Crippen LogP contribution is -1.93. The van der Waals surface area contributed by atoms with Crippen LogP contribution in [0.4, 0.5) is 22.7 Å². The van der Waals surface area contributed by atoms with Gasteiger partial charge < -0.3 is 9.97 Å². The number of hydrogen-bond donors (Lipinski definition) is 2. The molecule has 338 valence electrons. The van der Waals surface area contributed by atoms with Crippen LogP contribution >= 0.6 is 92.8 Å². The summed E-state index contributed by atoms with van der Waals surface area (Å²) >= 11 is 57.5. The van der Waals surface area contributed by atoms with Crippen LogP contribution < -0.4 is 0 Å². The van der Waals surface area contributed by atoms with Gasteiger partial charge in [0.05, 0.1) is 105 Å². The largest absolute Gasteiger partial charge is 0.352 e. The molecule has 24 heteroatoms. The molecule has 68 heavy (non-hydrogen) atoms. The molecule has 0 fully saturated rings. The van der Waals surface area contributed by atoms with E-state index in [4.69, 9.17) is 103 Å². The molecule has 0 aliphatic carbocycles. The van der Waals surface area contributed by atoms with Crippen LogP contribution in [0.15, 0.2) is 97.1 Å². The standard InChI is InChI=1S/C44H18Cl8N8O8/c45-29-31(47)39-26(18-3-11-22(12-4-18)58(63)64)41-33(49)35(51)43(55-41)28(20-7-15-24(16-8-20)60(67)68)44-36(52)34(50)42(56-44)27(19-5-13-23(14-6-19)59(65)66)40-32(48)30(46)38(54-40)25(37(29)53-39)17-1-9-21(10-2-17)57(61)62/h1-16,53,56H. The van der Waals surface area contributed by atoms with E-state index in [1.807, 2.05) is 0 Å². The van der Waals surface area contributed by atoms with Crippen molar-refractivity contribution in [3.05, 3.63) is 180 Å². The molecule has 0 atom stereocenters. The molecule has 16 nitrogen and oxygen atoms in total. The Kier molecular flexibility index (Phi) is 12.2. The summed E-state index contributed by atoms with van der Waals surface area (Å²) in [7, 11) is 0. The summed E-state index contributed by atoms with van der Waals surface area (Å²) in [4.78, 5) is 61.3. The molecule has 5 heterocycles. The number of non-ortho nitro benzene ring substituents is 4. The number of aromatic amines is 2. The van der Waals surface area contributed by atoms with Gasteiger partial charge in [0.15, 0.2) is 0 Å². The Morgan fingerprint density at radius 2 is 0.500 bits per heavy atom. The molecular weight excluding hydrogens is 1050 g/mol. The Labute approximate surface area is 419 Å². The Balaban J connectivity index is 1.58. The van der Waals surface area contributed by atoms with Crippen molar-refractivity contribution in [1.29, 1.82) is 0 Å². The van der Waals surface area contributed by atoms with Crippen LogP contribution in [0.2, 0.25) is 20.1 Å². The van der Waals surface area contributed by atoms with Crippen LogP contribution in [-0.4, -0.2) is 39.6 Å². The third kappa shape index (κ3) is 7.78. The maximum atomic E-state index is 11.8. The number of nitrogens with zero attached hydrogens (tertiary/aromatic N) is 6. The lowest BCUT2D eigenvalue weighted by Gasteiger charge is -2.08. The molecule has 0 amide bonds. The fraction of sp³-hybridized carbons (Fsp3) is 0. The number of fused-ring (bicyclic) bond motifs is 8. The van der Waals surface area contributed by atoms with Crippen LogP contribution in [0.1, 0.15) is 22.8 Å². The number of nitrogens with one attached hydrogen (secondary N) is 2. The van der Waals surface area contributed by atoms with Gasteiger partial charge in [-0.3, -0.25) is 40.5 Å². The fourth-order valence-corrected chi connectivity index (χ4v) is 9.54. The smallest absolute Gasteiger partial charge is 0.269 e. The van der Waals surface area contributed by atoms with Crippen LogP contribution in [0.5, 0.6) is 0 Å². The third-order valence-corrected chi connectivity index (χ3v) is 14.2. The molecule has 8 bridgehead atoms. The van der Waals surface area contributed by atoms with Crippen molar-refractivity contribution in [2.24, 2.45) is 0 Å². The second kappa shape index (κ2) is 17.8. The van der Waals surface area contributed by atoms with Crippen LogP contribution in [0.3, 0.4) is 0 Å². The molecule has 3 aromatic heterocycles. The first-order valence-corrected chi connectivity index (χ1v) is 22.1. The quantitative estimate of drug-likeness (QED) is 0.108. The molecule has 7 aromatic rings. The predicted octanol–water partition coefficient (Wildman–Crippen LogP) is 15.8.